The number of anilines is 2. The van der Waals surface area contributed by atoms with Crippen LogP contribution in [0.4, 0.5) is 11.4 Å². The molecule has 0 aliphatic carbocycles. The van der Waals surface area contributed by atoms with E-state index in [4.69, 9.17) is 11.6 Å². The number of aromatic nitrogens is 1. The summed E-state index contributed by atoms with van der Waals surface area (Å²) in [6, 6.07) is 17.1. The molecule has 0 spiro atoms. The number of carbonyl (C=O) groups excluding carboxylic acids is 1. The number of rotatable bonds is 3. The van der Waals surface area contributed by atoms with Crippen LogP contribution >= 0.6 is 11.6 Å². The standard InChI is InChI=1S/C20H16ClN3O/c1-13-8-9-14(21)11-18(13)23-19-16-6-2-3-7-17(16)20(25)24(19)15-5-4-10-22-12-15/h2-12,19,23H,1H3/t19-/m0/s1. The molecule has 1 atom stereocenters. The van der Waals surface area contributed by atoms with Crippen molar-refractivity contribution < 1.29 is 4.79 Å². The molecule has 2 heterocycles. The molecule has 4 nitrogen and oxygen atoms in total. The molecule has 0 bridgehead atoms. The van der Waals surface area contributed by atoms with E-state index in [1.54, 1.807) is 17.3 Å². The molecule has 1 aromatic heterocycles. The van der Waals surface area contributed by atoms with E-state index < -0.39 is 0 Å². The second kappa shape index (κ2) is 6.22. The van der Waals surface area contributed by atoms with Gasteiger partial charge in [0.1, 0.15) is 6.17 Å². The second-order valence-corrected chi connectivity index (χ2v) is 6.42. The van der Waals surface area contributed by atoms with Crippen LogP contribution in [-0.4, -0.2) is 10.9 Å². The third-order valence-electron chi connectivity index (χ3n) is 4.38. The molecule has 1 aliphatic heterocycles. The van der Waals surface area contributed by atoms with Gasteiger partial charge in [-0.15, -0.1) is 0 Å². The van der Waals surface area contributed by atoms with Gasteiger partial charge >= 0.3 is 0 Å². The smallest absolute Gasteiger partial charge is 0.260 e. The first-order valence-electron chi connectivity index (χ1n) is 8.00. The van der Waals surface area contributed by atoms with Crippen LogP contribution < -0.4 is 10.2 Å². The monoisotopic (exact) mass is 349 g/mol. The first-order valence-corrected chi connectivity index (χ1v) is 8.38. The lowest BCUT2D eigenvalue weighted by atomic mass is 10.1. The highest BCUT2D eigenvalue weighted by atomic mass is 35.5. The number of nitrogens with zero attached hydrogens (tertiary/aromatic N) is 2. The van der Waals surface area contributed by atoms with Gasteiger partial charge in [-0.25, -0.2) is 0 Å². The molecule has 3 aromatic rings. The molecule has 0 fully saturated rings. The van der Waals surface area contributed by atoms with E-state index in [0.717, 1.165) is 22.5 Å². The average molecular weight is 350 g/mol. The van der Waals surface area contributed by atoms with Gasteiger partial charge in [0.05, 0.1) is 11.9 Å². The van der Waals surface area contributed by atoms with Crippen molar-refractivity contribution in [2.75, 3.05) is 10.2 Å². The van der Waals surface area contributed by atoms with Crippen LogP contribution in [0.25, 0.3) is 0 Å². The van der Waals surface area contributed by atoms with E-state index in [9.17, 15) is 4.79 Å². The van der Waals surface area contributed by atoms with Crippen LogP contribution in [0.5, 0.6) is 0 Å². The Kier molecular flexibility index (Phi) is 3.90. The molecule has 0 saturated carbocycles. The number of halogens is 1. The van der Waals surface area contributed by atoms with Crippen molar-refractivity contribution >= 4 is 28.9 Å². The van der Waals surface area contributed by atoms with Crippen LogP contribution in [0.1, 0.15) is 27.7 Å². The van der Waals surface area contributed by atoms with Crippen molar-refractivity contribution in [3.63, 3.8) is 0 Å². The van der Waals surface area contributed by atoms with E-state index in [0.29, 0.717) is 10.6 Å². The van der Waals surface area contributed by atoms with Gasteiger partial charge in [0.2, 0.25) is 0 Å². The van der Waals surface area contributed by atoms with Crippen LogP contribution in [0.3, 0.4) is 0 Å². The molecule has 1 aliphatic rings. The number of hydrogen-bond acceptors (Lipinski definition) is 3. The maximum Gasteiger partial charge on any atom is 0.260 e. The molecule has 25 heavy (non-hydrogen) atoms. The minimum Gasteiger partial charge on any atom is -0.361 e. The lowest BCUT2D eigenvalue weighted by Gasteiger charge is -2.27. The molecular weight excluding hydrogens is 334 g/mol. The number of hydrogen-bond donors (Lipinski definition) is 1. The predicted molar refractivity (Wildman–Crippen MR) is 100 cm³/mol. The molecule has 1 amide bonds. The number of aryl methyl sites for hydroxylation is 1. The maximum atomic E-state index is 13.0. The molecule has 1 N–H and O–H groups in total. The summed E-state index contributed by atoms with van der Waals surface area (Å²) in [4.78, 5) is 18.9. The Morgan fingerprint density at radius 3 is 2.76 bits per heavy atom. The SMILES string of the molecule is Cc1ccc(Cl)cc1N[C@@H]1c2ccccc2C(=O)N1c1cccnc1. The van der Waals surface area contributed by atoms with Crippen molar-refractivity contribution in [1.29, 1.82) is 0 Å². The summed E-state index contributed by atoms with van der Waals surface area (Å²) in [5.74, 6) is -0.0409. The highest BCUT2D eigenvalue weighted by Gasteiger charge is 2.37. The highest BCUT2D eigenvalue weighted by molar-refractivity contribution is 6.30. The summed E-state index contributed by atoms with van der Waals surface area (Å²) in [5.41, 5.74) is 4.35. The molecular formula is C20H16ClN3O. The second-order valence-electron chi connectivity index (χ2n) is 5.98. The van der Waals surface area contributed by atoms with E-state index in [2.05, 4.69) is 10.3 Å². The summed E-state index contributed by atoms with van der Waals surface area (Å²) in [7, 11) is 0. The van der Waals surface area contributed by atoms with Gasteiger partial charge in [-0.1, -0.05) is 35.9 Å². The first kappa shape index (κ1) is 15.7. The Bertz CT molecular complexity index is 943. The van der Waals surface area contributed by atoms with E-state index >= 15 is 0 Å². The van der Waals surface area contributed by atoms with Gasteiger partial charge in [-0.05, 0) is 42.8 Å². The number of nitrogens with one attached hydrogen (secondary N) is 1. The summed E-state index contributed by atoms with van der Waals surface area (Å²) < 4.78 is 0. The molecule has 2 aromatic carbocycles. The number of pyridine rings is 1. The van der Waals surface area contributed by atoms with Crippen molar-refractivity contribution in [2.24, 2.45) is 0 Å². The van der Waals surface area contributed by atoms with Gasteiger partial charge in [0, 0.05) is 28.0 Å². The third-order valence-corrected chi connectivity index (χ3v) is 4.61. The third kappa shape index (κ3) is 2.75. The quantitative estimate of drug-likeness (QED) is 0.737. The zero-order valence-electron chi connectivity index (χ0n) is 13.6. The fraction of sp³-hybridized carbons (Fsp3) is 0.100. The predicted octanol–water partition coefficient (Wildman–Crippen LogP) is 4.81. The van der Waals surface area contributed by atoms with Crippen molar-refractivity contribution in [1.82, 2.24) is 4.98 Å². The van der Waals surface area contributed by atoms with Gasteiger partial charge < -0.3 is 5.32 Å². The topological polar surface area (TPSA) is 45.2 Å². The summed E-state index contributed by atoms with van der Waals surface area (Å²) >= 11 is 6.15. The molecule has 0 radical (unpaired) electrons. The maximum absolute atomic E-state index is 13.0. The van der Waals surface area contributed by atoms with Gasteiger partial charge in [0.15, 0.2) is 0 Å². The lowest BCUT2D eigenvalue weighted by molar-refractivity contribution is 0.0993. The minimum absolute atomic E-state index is 0.0409. The lowest BCUT2D eigenvalue weighted by Crippen LogP contribution is -2.32. The summed E-state index contributed by atoms with van der Waals surface area (Å²) in [6.07, 6.45) is 3.08. The summed E-state index contributed by atoms with van der Waals surface area (Å²) in [6.45, 7) is 2.01. The van der Waals surface area contributed by atoms with E-state index in [1.807, 2.05) is 61.5 Å². The van der Waals surface area contributed by atoms with Crippen molar-refractivity contribution in [2.45, 2.75) is 13.1 Å². The zero-order chi connectivity index (χ0) is 17.4. The van der Waals surface area contributed by atoms with Crippen molar-refractivity contribution in [3.05, 3.63) is 88.7 Å². The Labute approximate surface area is 151 Å². The molecule has 5 heteroatoms. The number of benzene rings is 2. The molecule has 124 valence electrons. The van der Waals surface area contributed by atoms with Crippen LogP contribution in [0.2, 0.25) is 5.02 Å². The van der Waals surface area contributed by atoms with E-state index in [-0.39, 0.29) is 12.1 Å². The number of carbonyl (C=O) groups is 1. The fourth-order valence-electron chi connectivity index (χ4n) is 3.12. The Morgan fingerprint density at radius 2 is 1.96 bits per heavy atom. The van der Waals surface area contributed by atoms with Crippen LogP contribution in [0.15, 0.2) is 67.0 Å². The van der Waals surface area contributed by atoms with Crippen molar-refractivity contribution in [3.8, 4) is 0 Å². The van der Waals surface area contributed by atoms with Gasteiger partial charge in [0.25, 0.3) is 5.91 Å². The Morgan fingerprint density at radius 1 is 1.12 bits per heavy atom. The first-order chi connectivity index (χ1) is 12.1. The normalized spacial score (nSPS) is 16.0. The Balaban J connectivity index is 1.81. The Hall–Kier alpha value is -2.85. The largest absolute Gasteiger partial charge is 0.361 e. The molecule has 4 rings (SSSR count). The number of amides is 1. The highest BCUT2D eigenvalue weighted by Crippen LogP contribution is 2.38. The average Bonchev–Trinajstić information content (AvgIpc) is 2.91. The fourth-order valence-corrected chi connectivity index (χ4v) is 3.29. The number of fused-ring (bicyclic) bond motifs is 1. The zero-order valence-corrected chi connectivity index (χ0v) is 14.4. The van der Waals surface area contributed by atoms with E-state index in [1.165, 1.54) is 0 Å². The van der Waals surface area contributed by atoms with Crippen LogP contribution in [0, 0.1) is 6.92 Å². The van der Waals surface area contributed by atoms with Crippen LogP contribution in [-0.2, 0) is 0 Å². The minimum atomic E-state index is -0.315. The van der Waals surface area contributed by atoms with Gasteiger partial charge in [-0.2, -0.15) is 0 Å². The summed E-state index contributed by atoms with van der Waals surface area (Å²) in [5, 5.41) is 4.13. The van der Waals surface area contributed by atoms with Gasteiger partial charge in [-0.3, -0.25) is 14.7 Å². The molecule has 0 saturated heterocycles. The molecule has 0 unspecified atom stereocenters.